The maximum Gasteiger partial charge on any atom is 0.328 e. The van der Waals surface area contributed by atoms with E-state index in [2.05, 4.69) is 22.9 Å². The van der Waals surface area contributed by atoms with E-state index in [0.29, 0.717) is 5.17 Å². The van der Waals surface area contributed by atoms with Gasteiger partial charge in [-0.05, 0) is 31.4 Å². The molecule has 2 aliphatic heterocycles. The minimum atomic E-state index is -1.67. The van der Waals surface area contributed by atoms with Crippen molar-refractivity contribution in [2.24, 2.45) is 10.4 Å². The summed E-state index contributed by atoms with van der Waals surface area (Å²) in [5, 5.41) is 8.73. The molecule has 2 unspecified atom stereocenters. The van der Waals surface area contributed by atoms with Crippen molar-refractivity contribution in [2.75, 3.05) is 5.75 Å². The molecule has 2 aromatic carbocycles. The van der Waals surface area contributed by atoms with Crippen molar-refractivity contribution in [1.29, 1.82) is 0 Å². The Labute approximate surface area is 197 Å². The Hall–Kier alpha value is -3.13. The van der Waals surface area contributed by atoms with Crippen LogP contribution in [-0.2, 0) is 9.59 Å². The molecular formula is C25H28N4O3S. The van der Waals surface area contributed by atoms with Crippen molar-refractivity contribution in [3.05, 3.63) is 70.8 Å². The SMILES string of the molecule is CCCCSC1=NC(c2ccc(C)cc2)C2(C(=O)NC(=O)NC2=O)C(c2ccc(C)cc2)N1. The molecule has 1 saturated heterocycles. The molecule has 2 atom stereocenters. The second-order valence-electron chi connectivity index (χ2n) is 8.54. The molecule has 1 spiro atoms. The number of benzene rings is 2. The van der Waals surface area contributed by atoms with Crippen molar-refractivity contribution in [1.82, 2.24) is 16.0 Å². The van der Waals surface area contributed by atoms with Crippen LogP contribution in [0.1, 0.15) is 54.1 Å². The zero-order chi connectivity index (χ0) is 23.6. The lowest BCUT2D eigenvalue weighted by atomic mass is 9.66. The quantitative estimate of drug-likeness (QED) is 0.460. The van der Waals surface area contributed by atoms with Crippen LogP contribution in [0.15, 0.2) is 53.5 Å². The first-order valence-electron chi connectivity index (χ1n) is 11.1. The molecule has 0 bridgehead atoms. The van der Waals surface area contributed by atoms with Gasteiger partial charge in [0.15, 0.2) is 10.6 Å². The summed E-state index contributed by atoms with van der Waals surface area (Å²) in [6.45, 7) is 6.09. The topological polar surface area (TPSA) is 99.7 Å². The van der Waals surface area contributed by atoms with Gasteiger partial charge in [0.1, 0.15) is 6.04 Å². The Balaban J connectivity index is 1.91. The minimum Gasteiger partial charge on any atom is -0.356 e. The van der Waals surface area contributed by atoms with E-state index in [1.165, 1.54) is 0 Å². The van der Waals surface area contributed by atoms with Crippen LogP contribution in [0.3, 0.4) is 0 Å². The van der Waals surface area contributed by atoms with Gasteiger partial charge in [-0.25, -0.2) is 4.79 Å². The molecule has 0 radical (unpaired) electrons. The van der Waals surface area contributed by atoms with E-state index in [9.17, 15) is 14.4 Å². The van der Waals surface area contributed by atoms with Gasteiger partial charge in [-0.3, -0.25) is 25.2 Å². The lowest BCUT2D eigenvalue weighted by molar-refractivity contribution is -0.149. The van der Waals surface area contributed by atoms with Gasteiger partial charge in [-0.15, -0.1) is 0 Å². The number of rotatable bonds is 5. The Morgan fingerprint density at radius 2 is 1.42 bits per heavy atom. The van der Waals surface area contributed by atoms with Gasteiger partial charge in [0.2, 0.25) is 11.8 Å². The fraction of sp³-hybridized carbons (Fsp3) is 0.360. The molecule has 0 aliphatic carbocycles. The second kappa shape index (κ2) is 9.39. The number of barbiturate groups is 1. The molecule has 2 heterocycles. The Kier molecular flexibility index (Phi) is 6.56. The highest BCUT2D eigenvalue weighted by Crippen LogP contribution is 2.51. The third-order valence-corrected chi connectivity index (χ3v) is 7.14. The fourth-order valence-electron chi connectivity index (χ4n) is 4.29. The van der Waals surface area contributed by atoms with Crippen LogP contribution in [0.5, 0.6) is 0 Å². The number of urea groups is 1. The zero-order valence-corrected chi connectivity index (χ0v) is 19.8. The number of carbonyl (C=O) groups excluding carboxylic acids is 3. The Morgan fingerprint density at radius 1 is 0.879 bits per heavy atom. The highest BCUT2D eigenvalue weighted by atomic mass is 32.2. The molecule has 0 aromatic heterocycles. The van der Waals surface area contributed by atoms with Crippen LogP contribution in [-0.4, -0.2) is 28.8 Å². The highest BCUT2D eigenvalue weighted by Gasteiger charge is 2.63. The van der Waals surface area contributed by atoms with E-state index < -0.39 is 35.3 Å². The molecule has 4 rings (SSSR count). The minimum absolute atomic E-state index is 0.652. The lowest BCUT2D eigenvalue weighted by Gasteiger charge is -2.47. The largest absolute Gasteiger partial charge is 0.356 e. The maximum atomic E-state index is 13.6. The zero-order valence-electron chi connectivity index (χ0n) is 19.0. The van der Waals surface area contributed by atoms with E-state index in [1.807, 2.05) is 62.4 Å². The maximum absolute atomic E-state index is 13.6. The number of thioether (sulfide) groups is 1. The molecule has 2 aliphatic rings. The number of amides is 4. The highest BCUT2D eigenvalue weighted by molar-refractivity contribution is 8.13. The lowest BCUT2D eigenvalue weighted by Crippen LogP contribution is -2.69. The van der Waals surface area contributed by atoms with E-state index in [-0.39, 0.29) is 0 Å². The van der Waals surface area contributed by atoms with Crippen molar-refractivity contribution < 1.29 is 14.4 Å². The number of imide groups is 2. The van der Waals surface area contributed by atoms with Crippen LogP contribution in [0.25, 0.3) is 0 Å². The van der Waals surface area contributed by atoms with E-state index >= 15 is 0 Å². The molecule has 172 valence electrons. The number of aryl methyl sites for hydroxylation is 2. The van der Waals surface area contributed by atoms with Gasteiger partial charge < -0.3 is 5.32 Å². The van der Waals surface area contributed by atoms with Crippen molar-refractivity contribution in [3.63, 3.8) is 0 Å². The number of aliphatic imine (C=N–C) groups is 1. The van der Waals surface area contributed by atoms with Gasteiger partial charge in [0.25, 0.3) is 0 Å². The first kappa shape index (κ1) is 23.0. The van der Waals surface area contributed by atoms with Crippen LogP contribution in [0.4, 0.5) is 4.79 Å². The van der Waals surface area contributed by atoms with Crippen LogP contribution in [0.2, 0.25) is 0 Å². The molecule has 33 heavy (non-hydrogen) atoms. The number of unbranched alkanes of at least 4 members (excludes halogenated alkanes) is 1. The molecular weight excluding hydrogens is 436 g/mol. The van der Waals surface area contributed by atoms with Crippen molar-refractivity contribution in [3.8, 4) is 0 Å². The number of hydrogen-bond acceptors (Lipinski definition) is 6. The van der Waals surface area contributed by atoms with Gasteiger partial charge >= 0.3 is 6.03 Å². The molecule has 3 N–H and O–H groups in total. The average molecular weight is 465 g/mol. The van der Waals surface area contributed by atoms with Crippen LogP contribution < -0.4 is 16.0 Å². The molecule has 2 aromatic rings. The fourth-order valence-corrected chi connectivity index (χ4v) is 5.30. The van der Waals surface area contributed by atoms with E-state index in [1.54, 1.807) is 11.8 Å². The number of amidine groups is 1. The predicted octanol–water partition coefficient (Wildman–Crippen LogP) is 3.93. The number of carbonyl (C=O) groups is 3. The summed E-state index contributed by atoms with van der Waals surface area (Å²) in [6, 6.07) is 13.1. The summed E-state index contributed by atoms with van der Waals surface area (Å²) in [5.41, 5.74) is 1.98. The Morgan fingerprint density at radius 3 is 1.97 bits per heavy atom. The summed E-state index contributed by atoms with van der Waals surface area (Å²) < 4.78 is 0. The molecule has 7 nitrogen and oxygen atoms in total. The van der Waals surface area contributed by atoms with Gasteiger partial charge in [0, 0.05) is 5.75 Å². The summed E-state index contributed by atoms with van der Waals surface area (Å²) in [5.74, 6) is -0.435. The molecule has 1 fully saturated rings. The third kappa shape index (κ3) is 4.27. The predicted molar refractivity (Wildman–Crippen MR) is 130 cm³/mol. The second-order valence-corrected chi connectivity index (χ2v) is 9.63. The summed E-state index contributed by atoms with van der Waals surface area (Å²) in [4.78, 5) is 44.0. The number of hydrogen-bond donors (Lipinski definition) is 3. The normalized spacial score (nSPS) is 21.8. The van der Waals surface area contributed by atoms with Gasteiger partial charge in [-0.1, -0.05) is 84.8 Å². The molecule has 4 amide bonds. The summed E-state index contributed by atoms with van der Waals surface area (Å²) >= 11 is 1.58. The molecule has 0 saturated carbocycles. The van der Waals surface area contributed by atoms with Gasteiger partial charge in [-0.2, -0.15) is 0 Å². The van der Waals surface area contributed by atoms with Crippen LogP contribution in [0, 0.1) is 19.3 Å². The van der Waals surface area contributed by atoms with E-state index in [4.69, 9.17) is 4.99 Å². The van der Waals surface area contributed by atoms with Crippen molar-refractivity contribution in [2.45, 2.75) is 45.7 Å². The van der Waals surface area contributed by atoms with E-state index in [0.717, 1.165) is 40.8 Å². The third-order valence-electron chi connectivity index (χ3n) is 6.15. The van der Waals surface area contributed by atoms with Crippen LogP contribution >= 0.6 is 11.8 Å². The smallest absolute Gasteiger partial charge is 0.328 e. The molecule has 8 heteroatoms. The monoisotopic (exact) mass is 464 g/mol. The number of nitrogens with zero attached hydrogens (tertiary/aromatic N) is 1. The first-order chi connectivity index (χ1) is 15.9. The summed E-state index contributed by atoms with van der Waals surface area (Å²) in [7, 11) is 0. The number of nitrogens with one attached hydrogen (secondary N) is 3. The van der Waals surface area contributed by atoms with Crippen molar-refractivity contribution >= 4 is 34.8 Å². The average Bonchev–Trinajstić information content (AvgIpc) is 2.78. The van der Waals surface area contributed by atoms with Gasteiger partial charge in [0.05, 0.1) is 6.04 Å². The Bertz CT molecular complexity index is 1080. The standard InChI is InChI=1S/C25H28N4O3S/c1-4-5-14-33-24-26-19(17-10-6-15(2)7-11-17)25(21(30)28-23(32)29-22(25)31)20(27-24)18-12-8-16(3)9-13-18/h6-13,19-20H,4-5,14H2,1-3H3,(H,26,27)(H2,28,29,30,31,32). The first-order valence-corrected chi connectivity index (χ1v) is 12.1. The summed E-state index contributed by atoms with van der Waals surface area (Å²) in [6.07, 6.45) is 2.08.